The largest absolute Gasteiger partial charge is 0.480 e. The van der Waals surface area contributed by atoms with E-state index in [9.17, 15) is 5.11 Å². The Morgan fingerprint density at radius 1 is 1.21 bits per heavy atom. The molecular weight excluding hydrogens is 322 g/mol. The van der Waals surface area contributed by atoms with Crippen molar-refractivity contribution in [3.8, 4) is 34.1 Å². The summed E-state index contributed by atoms with van der Waals surface area (Å²) in [6, 6.07) is 7.69. The number of ether oxygens (including phenoxy) is 1. The smallest absolute Gasteiger partial charge is 0.238 e. The summed E-state index contributed by atoms with van der Waals surface area (Å²) in [5, 5.41) is 9.71. The predicted molar refractivity (Wildman–Crippen MR) is 94.4 cm³/mol. The van der Waals surface area contributed by atoms with Crippen molar-refractivity contribution < 1.29 is 9.84 Å². The number of methoxy groups -OCH3 is 1. The molecule has 3 rings (SSSR count). The fourth-order valence-corrected chi connectivity index (χ4v) is 3.00. The Labute approximate surface area is 144 Å². The highest BCUT2D eigenvalue weighted by molar-refractivity contribution is 7.15. The lowest BCUT2D eigenvalue weighted by Crippen LogP contribution is -2.14. The van der Waals surface area contributed by atoms with Gasteiger partial charge in [0.2, 0.25) is 5.88 Å². The van der Waals surface area contributed by atoms with Crippen LogP contribution in [0.1, 0.15) is 18.7 Å². The third kappa shape index (κ3) is 3.48. The summed E-state index contributed by atoms with van der Waals surface area (Å²) in [7, 11) is 1.60. The van der Waals surface area contributed by atoms with Crippen molar-refractivity contribution >= 4 is 11.3 Å². The minimum atomic E-state index is -1.01. The molecule has 0 saturated heterocycles. The molecule has 0 fully saturated rings. The van der Waals surface area contributed by atoms with E-state index in [0.29, 0.717) is 5.88 Å². The van der Waals surface area contributed by atoms with E-state index >= 15 is 0 Å². The standard InChI is InChI=1S/C18H17N3O2S/c1-18(2,22)9-8-13-6-7-15(24-13)16-19-11-12-21(16)14-5-4-10-20-17(14)23-3/h4-7,10-12,22H,1-3H3. The number of rotatable bonds is 3. The predicted octanol–water partition coefficient (Wildman–Crippen LogP) is 3.13. The summed E-state index contributed by atoms with van der Waals surface area (Å²) >= 11 is 1.52. The first-order valence-electron chi connectivity index (χ1n) is 7.36. The van der Waals surface area contributed by atoms with Gasteiger partial charge in [0.15, 0.2) is 5.82 Å². The van der Waals surface area contributed by atoms with Crippen LogP contribution in [-0.2, 0) is 0 Å². The van der Waals surface area contributed by atoms with Gasteiger partial charge < -0.3 is 9.84 Å². The van der Waals surface area contributed by atoms with Crippen molar-refractivity contribution in [1.29, 1.82) is 0 Å². The van der Waals surface area contributed by atoms with Crippen LogP contribution in [0.5, 0.6) is 5.88 Å². The molecule has 122 valence electrons. The highest BCUT2D eigenvalue weighted by atomic mass is 32.1. The number of nitrogens with zero attached hydrogens (tertiary/aromatic N) is 3. The van der Waals surface area contributed by atoms with E-state index in [0.717, 1.165) is 21.3 Å². The number of hydrogen-bond acceptors (Lipinski definition) is 5. The van der Waals surface area contributed by atoms with Gasteiger partial charge in [0.25, 0.3) is 0 Å². The maximum absolute atomic E-state index is 9.71. The average molecular weight is 339 g/mol. The fraction of sp³-hybridized carbons (Fsp3) is 0.222. The molecule has 3 heterocycles. The first-order valence-corrected chi connectivity index (χ1v) is 8.18. The van der Waals surface area contributed by atoms with Crippen LogP contribution in [0.3, 0.4) is 0 Å². The molecule has 0 unspecified atom stereocenters. The second kappa shape index (κ2) is 6.48. The molecule has 0 spiro atoms. The van der Waals surface area contributed by atoms with E-state index in [1.807, 2.05) is 35.0 Å². The van der Waals surface area contributed by atoms with Crippen molar-refractivity contribution in [2.45, 2.75) is 19.4 Å². The lowest BCUT2D eigenvalue weighted by Gasteiger charge is -2.09. The van der Waals surface area contributed by atoms with E-state index in [2.05, 4.69) is 21.8 Å². The van der Waals surface area contributed by atoms with E-state index in [-0.39, 0.29) is 0 Å². The number of hydrogen-bond donors (Lipinski definition) is 1. The van der Waals surface area contributed by atoms with Crippen molar-refractivity contribution in [3.63, 3.8) is 0 Å². The Balaban J connectivity index is 1.99. The minimum Gasteiger partial charge on any atom is -0.480 e. The van der Waals surface area contributed by atoms with Crippen LogP contribution in [0.15, 0.2) is 42.9 Å². The van der Waals surface area contributed by atoms with Crippen LogP contribution < -0.4 is 4.74 Å². The Hall–Kier alpha value is -2.62. The van der Waals surface area contributed by atoms with Crippen LogP contribution in [0.2, 0.25) is 0 Å². The van der Waals surface area contributed by atoms with Crippen LogP contribution in [0, 0.1) is 11.8 Å². The van der Waals surface area contributed by atoms with Crippen LogP contribution >= 0.6 is 11.3 Å². The molecule has 0 bridgehead atoms. The van der Waals surface area contributed by atoms with Gasteiger partial charge in [-0.1, -0.05) is 11.8 Å². The second-order valence-corrected chi connectivity index (χ2v) is 6.71. The molecule has 0 aliphatic carbocycles. The number of pyridine rings is 1. The Morgan fingerprint density at radius 3 is 2.79 bits per heavy atom. The monoisotopic (exact) mass is 339 g/mol. The van der Waals surface area contributed by atoms with Crippen molar-refractivity contribution in [3.05, 3.63) is 47.7 Å². The van der Waals surface area contributed by atoms with Gasteiger partial charge in [-0.25, -0.2) is 9.97 Å². The van der Waals surface area contributed by atoms with Crippen LogP contribution in [0.25, 0.3) is 16.4 Å². The molecule has 1 N–H and O–H groups in total. The minimum absolute atomic E-state index is 0.537. The van der Waals surface area contributed by atoms with Gasteiger partial charge in [-0.2, -0.15) is 0 Å². The number of thiophene rings is 1. The maximum atomic E-state index is 9.71. The molecule has 3 aromatic heterocycles. The van der Waals surface area contributed by atoms with Crippen molar-refractivity contribution in [1.82, 2.24) is 14.5 Å². The Morgan fingerprint density at radius 2 is 2.04 bits per heavy atom. The lowest BCUT2D eigenvalue weighted by atomic mass is 10.1. The third-order valence-corrected chi connectivity index (χ3v) is 4.16. The SMILES string of the molecule is COc1ncccc1-n1ccnc1-c1ccc(C#CC(C)(C)O)s1. The summed E-state index contributed by atoms with van der Waals surface area (Å²) in [6.45, 7) is 3.33. The molecule has 0 aliphatic heterocycles. The van der Waals surface area contributed by atoms with Gasteiger partial charge in [-0.3, -0.25) is 4.57 Å². The highest BCUT2D eigenvalue weighted by Gasteiger charge is 2.14. The highest BCUT2D eigenvalue weighted by Crippen LogP contribution is 2.30. The average Bonchev–Trinajstić information content (AvgIpc) is 3.21. The lowest BCUT2D eigenvalue weighted by molar-refractivity contribution is 0.143. The maximum Gasteiger partial charge on any atom is 0.238 e. The van der Waals surface area contributed by atoms with Gasteiger partial charge in [-0.05, 0) is 38.1 Å². The normalized spacial score (nSPS) is 11.0. The molecule has 0 amide bonds. The van der Waals surface area contributed by atoms with Gasteiger partial charge in [0, 0.05) is 18.6 Å². The fourth-order valence-electron chi connectivity index (χ4n) is 2.14. The number of imidazole rings is 1. The van der Waals surface area contributed by atoms with E-state index in [1.165, 1.54) is 11.3 Å². The number of aromatic nitrogens is 3. The summed E-state index contributed by atoms with van der Waals surface area (Å²) in [6.07, 6.45) is 5.30. The van der Waals surface area contributed by atoms with Crippen LogP contribution in [-0.4, -0.2) is 32.4 Å². The second-order valence-electron chi connectivity index (χ2n) is 5.63. The molecule has 0 saturated carbocycles. The third-order valence-electron chi connectivity index (χ3n) is 3.16. The van der Waals surface area contributed by atoms with E-state index < -0.39 is 5.60 Å². The molecule has 0 atom stereocenters. The summed E-state index contributed by atoms with van der Waals surface area (Å²) < 4.78 is 7.27. The molecule has 3 aromatic rings. The van der Waals surface area contributed by atoms with Gasteiger partial charge in [0.1, 0.15) is 11.3 Å². The summed E-state index contributed by atoms with van der Waals surface area (Å²) in [5.41, 5.74) is -0.184. The molecule has 24 heavy (non-hydrogen) atoms. The molecular formula is C18H17N3O2S. The van der Waals surface area contributed by atoms with E-state index in [1.54, 1.807) is 33.4 Å². The Bertz CT molecular complexity index is 910. The topological polar surface area (TPSA) is 60.2 Å². The number of aliphatic hydroxyl groups is 1. The molecule has 5 nitrogen and oxygen atoms in total. The zero-order valence-corrected chi connectivity index (χ0v) is 14.5. The van der Waals surface area contributed by atoms with Crippen molar-refractivity contribution in [2.24, 2.45) is 0 Å². The summed E-state index contributed by atoms with van der Waals surface area (Å²) in [5.74, 6) is 7.14. The van der Waals surface area contributed by atoms with Crippen molar-refractivity contribution in [2.75, 3.05) is 7.11 Å². The molecule has 6 heteroatoms. The zero-order chi connectivity index (χ0) is 17.2. The molecule has 0 aromatic carbocycles. The summed E-state index contributed by atoms with van der Waals surface area (Å²) in [4.78, 5) is 10.5. The van der Waals surface area contributed by atoms with Crippen LogP contribution in [0.4, 0.5) is 0 Å². The van der Waals surface area contributed by atoms with E-state index in [4.69, 9.17) is 4.74 Å². The quantitative estimate of drug-likeness (QED) is 0.745. The van der Waals surface area contributed by atoms with Gasteiger partial charge in [-0.15, -0.1) is 11.3 Å². The molecule has 0 radical (unpaired) electrons. The van der Waals surface area contributed by atoms with Gasteiger partial charge >= 0.3 is 0 Å². The zero-order valence-electron chi connectivity index (χ0n) is 13.6. The van der Waals surface area contributed by atoms with Gasteiger partial charge in [0.05, 0.1) is 16.9 Å². The Kier molecular flexibility index (Phi) is 4.38. The molecule has 0 aliphatic rings. The first kappa shape index (κ1) is 16.2. The first-order chi connectivity index (χ1) is 11.5.